The van der Waals surface area contributed by atoms with E-state index in [2.05, 4.69) is 10.1 Å². The summed E-state index contributed by atoms with van der Waals surface area (Å²) < 4.78 is 29.1. The van der Waals surface area contributed by atoms with Gasteiger partial charge in [0.1, 0.15) is 5.69 Å². The molecule has 0 saturated heterocycles. The molecule has 2 aromatic heterocycles. The first-order valence-electron chi connectivity index (χ1n) is 10.3. The summed E-state index contributed by atoms with van der Waals surface area (Å²) in [6.45, 7) is 0. The maximum atomic E-state index is 13.6. The lowest BCUT2D eigenvalue weighted by Crippen LogP contribution is -2.26. The Labute approximate surface area is 185 Å². The molecule has 7 nitrogen and oxygen atoms in total. The third kappa shape index (κ3) is 3.67. The number of sulfone groups is 1. The third-order valence-corrected chi connectivity index (χ3v) is 6.82. The summed E-state index contributed by atoms with van der Waals surface area (Å²) in [7, 11) is -1.65. The van der Waals surface area contributed by atoms with Crippen LogP contribution in [0.1, 0.15) is 34.8 Å². The summed E-state index contributed by atoms with van der Waals surface area (Å²) in [5, 5.41) is 4.80. The molecular weight excluding hydrogens is 426 g/mol. The Balaban J connectivity index is 1.61. The van der Waals surface area contributed by atoms with Gasteiger partial charge in [-0.15, -0.1) is 0 Å². The highest BCUT2D eigenvalue weighted by molar-refractivity contribution is 7.90. The van der Waals surface area contributed by atoms with Gasteiger partial charge in [-0.2, -0.15) is 0 Å². The zero-order valence-corrected chi connectivity index (χ0v) is 18.5. The number of anilines is 1. The first kappa shape index (κ1) is 20.4. The van der Waals surface area contributed by atoms with Gasteiger partial charge in [0.25, 0.3) is 11.6 Å². The van der Waals surface area contributed by atoms with E-state index in [9.17, 15) is 13.2 Å². The molecule has 2 heterocycles. The number of carbonyl (C=O) groups is 1. The SMILES string of the molecule is CN(C(=O)c1cc(C2CC2)nc2onc(-c3ccccc3)c12)c1ccc(S(C)(=O)=O)cc1. The molecule has 1 saturated carbocycles. The number of hydrogen-bond acceptors (Lipinski definition) is 6. The van der Waals surface area contributed by atoms with Crippen molar-refractivity contribution in [3.8, 4) is 11.3 Å². The van der Waals surface area contributed by atoms with Crippen LogP contribution in [-0.4, -0.2) is 37.8 Å². The molecule has 1 aliphatic rings. The molecule has 0 atom stereocenters. The van der Waals surface area contributed by atoms with Gasteiger partial charge >= 0.3 is 0 Å². The smallest absolute Gasteiger partial charge is 0.259 e. The van der Waals surface area contributed by atoms with E-state index in [-0.39, 0.29) is 10.8 Å². The molecule has 162 valence electrons. The molecule has 1 amide bonds. The van der Waals surface area contributed by atoms with E-state index in [1.54, 1.807) is 19.2 Å². The fourth-order valence-corrected chi connectivity index (χ4v) is 4.37. The van der Waals surface area contributed by atoms with Gasteiger partial charge in [-0.1, -0.05) is 35.5 Å². The van der Waals surface area contributed by atoms with Gasteiger partial charge < -0.3 is 9.42 Å². The normalized spacial score (nSPS) is 13.9. The highest BCUT2D eigenvalue weighted by Crippen LogP contribution is 2.41. The van der Waals surface area contributed by atoms with Crippen molar-refractivity contribution < 1.29 is 17.7 Å². The van der Waals surface area contributed by atoms with E-state index in [1.807, 2.05) is 36.4 Å². The van der Waals surface area contributed by atoms with Crippen molar-refractivity contribution >= 4 is 32.5 Å². The van der Waals surface area contributed by atoms with E-state index >= 15 is 0 Å². The average molecular weight is 448 g/mol. The molecule has 0 N–H and O–H groups in total. The number of hydrogen-bond donors (Lipinski definition) is 0. The largest absolute Gasteiger partial charge is 0.335 e. The van der Waals surface area contributed by atoms with Crippen molar-refractivity contribution in [1.82, 2.24) is 10.1 Å². The monoisotopic (exact) mass is 447 g/mol. The van der Waals surface area contributed by atoms with Crippen LogP contribution in [0.4, 0.5) is 5.69 Å². The van der Waals surface area contributed by atoms with E-state index in [4.69, 9.17) is 4.52 Å². The minimum Gasteiger partial charge on any atom is -0.335 e. The second kappa shape index (κ2) is 7.56. The minimum atomic E-state index is -3.32. The zero-order chi connectivity index (χ0) is 22.5. The molecule has 0 unspecified atom stereocenters. The highest BCUT2D eigenvalue weighted by atomic mass is 32.2. The van der Waals surface area contributed by atoms with E-state index in [0.717, 1.165) is 30.4 Å². The number of nitrogens with zero attached hydrogens (tertiary/aromatic N) is 3. The Morgan fingerprint density at radius 2 is 1.75 bits per heavy atom. The summed E-state index contributed by atoms with van der Waals surface area (Å²) in [4.78, 5) is 20.0. The third-order valence-electron chi connectivity index (χ3n) is 5.70. The first-order valence-corrected chi connectivity index (χ1v) is 12.2. The summed E-state index contributed by atoms with van der Waals surface area (Å²) in [5.74, 6) is 0.0855. The van der Waals surface area contributed by atoms with E-state index < -0.39 is 9.84 Å². The van der Waals surface area contributed by atoms with Crippen molar-refractivity contribution in [2.45, 2.75) is 23.7 Å². The van der Waals surface area contributed by atoms with E-state index in [1.165, 1.54) is 17.0 Å². The summed E-state index contributed by atoms with van der Waals surface area (Å²) in [6, 6.07) is 17.6. The number of amides is 1. The number of carbonyl (C=O) groups excluding carboxylic acids is 1. The average Bonchev–Trinajstić information content (AvgIpc) is 3.56. The molecule has 5 rings (SSSR count). The van der Waals surface area contributed by atoms with Crippen LogP contribution in [-0.2, 0) is 9.84 Å². The van der Waals surface area contributed by atoms with Crippen molar-refractivity contribution in [2.24, 2.45) is 0 Å². The molecule has 0 spiro atoms. The molecule has 0 bridgehead atoms. The Morgan fingerprint density at radius 3 is 2.38 bits per heavy atom. The van der Waals surface area contributed by atoms with Gasteiger partial charge in [-0.3, -0.25) is 4.79 Å². The number of fused-ring (bicyclic) bond motifs is 1. The Morgan fingerprint density at radius 1 is 1.06 bits per heavy atom. The summed E-state index contributed by atoms with van der Waals surface area (Å²) in [5.41, 5.74) is 3.63. The van der Waals surface area contributed by atoms with Gasteiger partial charge in [0.15, 0.2) is 9.84 Å². The Hall–Kier alpha value is -3.52. The number of rotatable bonds is 5. The first-order chi connectivity index (χ1) is 15.3. The quantitative estimate of drug-likeness (QED) is 0.449. The second-order valence-corrected chi connectivity index (χ2v) is 10.1. The van der Waals surface area contributed by atoms with Gasteiger partial charge in [-0.25, -0.2) is 13.4 Å². The van der Waals surface area contributed by atoms with Gasteiger partial charge in [-0.05, 0) is 43.2 Å². The molecule has 32 heavy (non-hydrogen) atoms. The lowest BCUT2D eigenvalue weighted by Gasteiger charge is -2.18. The maximum Gasteiger partial charge on any atom is 0.259 e. The highest BCUT2D eigenvalue weighted by Gasteiger charge is 2.30. The topological polar surface area (TPSA) is 93.4 Å². The van der Waals surface area contributed by atoms with Crippen molar-refractivity contribution in [3.05, 3.63) is 71.9 Å². The standard InChI is InChI=1S/C24H21N3O4S/c1-27(17-10-12-18(13-11-17)32(2,29)30)24(28)19-14-20(15-8-9-15)25-23-21(19)22(26-31-23)16-6-4-3-5-7-16/h3-7,10-15H,8-9H2,1-2H3. The summed E-state index contributed by atoms with van der Waals surface area (Å²) in [6.07, 6.45) is 3.23. The van der Waals surface area contributed by atoms with Crippen molar-refractivity contribution in [2.75, 3.05) is 18.2 Å². The van der Waals surface area contributed by atoms with Crippen molar-refractivity contribution in [1.29, 1.82) is 0 Å². The van der Waals surface area contributed by atoms with E-state index in [0.29, 0.717) is 34.0 Å². The molecule has 1 aliphatic carbocycles. The fourth-order valence-electron chi connectivity index (χ4n) is 3.73. The fraction of sp³-hybridized carbons (Fsp3) is 0.208. The van der Waals surface area contributed by atoms with Crippen LogP contribution >= 0.6 is 0 Å². The minimum absolute atomic E-state index is 0.204. The molecule has 4 aromatic rings. The van der Waals surface area contributed by atoms with Crippen LogP contribution in [0.3, 0.4) is 0 Å². The predicted octanol–water partition coefficient (Wildman–Crippen LogP) is 4.45. The Bertz CT molecular complexity index is 1420. The molecule has 1 fully saturated rings. The second-order valence-electron chi connectivity index (χ2n) is 8.08. The number of pyridine rings is 1. The van der Waals surface area contributed by atoms with Crippen LogP contribution in [0.15, 0.2) is 70.1 Å². The van der Waals surface area contributed by atoms with Crippen LogP contribution in [0, 0.1) is 0 Å². The molecule has 0 radical (unpaired) electrons. The lowest BCUT2D eigenvalue weighted by atomic mass is 10.0. The van der Waals surface area contributed by atoms with Crippen LogP contribution in [0.5, 0.6) is 0 Å². The molecule has 8 heteroatoms. The van der Waals surface area contributed by atoms with Gasteiger partial charge in [0, 0.05) is 36.2 Å². The number of benzene rings is 2. The molecule has 2 aromatic carbocycles. The van der Waals surface area contributed by atoms with Gasteiger partial charge in [0.2, 0.25) is 0 Å². The van der Waals surface area contributed by atoms with Crippen molar-refractivity contribution in [3.63, 3.8) is 0 Å². The van der Waals surface area contributed by atoms with Crippen LogP contribution in [0.25, 0.3) is 22.4 Å². The van der Waals surface area contributed by atoms with Crippen LogP contribution < -0.4 is 4.90 Å². The molecule has 0 aliphatic heterocycles. The summed E-state index contributed by atoms with van der Waals surface area (Å²) >= 11 is 0. The maximum absolute atomic E-state index is 13.6. The van der Waals surface area contributed by atoms with Crippen LogP contribution in [0.2, 0.25) is 0 Å². The lowest BCUT2D eigenvalue weighted by molar-refractivity contribution is 0.0994. The Kier molecular flexibility index (Phi) is 4.82. The zero-order valence-electron chi connectivity index (χ0n) is 17.6. The molecular formula is C24H21N3O4S. The van der Waals surface area contributed by atoms with Gasteiger partial charge in [0.05, 0.1) is 15.8 Å². The predicted molar refractivity (Wildman–Crippen MR) is 122 cm³/mol. The number of aromatic nitrogens is 2.